The third kappa shape index (κ3) is 2.42. The van der Waals surface area contributed by atoms with E-state index in [2.05, 4.69) is 23.0 Å². The highest BCUT2D eigenvalue weighted by Gasteiger charge is 2.00. The van der Waals surface area contributed by atoms with Gasteiger partial charge in [-0.2, -0.15) is 0 Å². The second-order valence-electron chi connectivity index (χ2n) is 2.91. The van der Waals surface area contributed by atoms with Gasteiger partial charge in [0, 0.05) is 5.75 Å². The second-order valence-corrected chi connectivity index (χ2v) is 3.99. The Labute approximate surface area is 93.9 Å². The lowest BCUT2D eigenvalue weighted by atomic mass is 10.3. The van der Waals surface area contributed by atoms with Gasteiger partial charge in [0.1, 0.15) is 0 Å². The second kappa shape index (κ2) is 5.27. The molecule has 1 N–H and O–H groups in total. The SMILES string of the molecule is CCCSc1nc2ccccc2[nH]1.[Cl-]. The first-order chi connectivity index (χ1) is 6.40. The third-order valence-corrected chi connectivity index (χ3v) is 2.89. The lowest BCUT2D eigenvalue weighted by Gasteiger charge is -1.90. The Balaban J connectivity index is 0.000000980. The van der Waals surface area contributed by atoms with E-state index in [1.807, 2.05) is 18.2 Å². The van der Waals surface area contributed by atoms with Gasteiger partial charge in [-0.15, -0.1) is 0 Å². The van der Waals surface area contributed by atoms with Crippen LogP contribution in [0.25, 0.3) is 11.0 Å². The van der Waals surface area contributed by atoms with Gasteiger partial charge in [-0.05, 0) is 18.6 Å². The molecular formula is C10H12ClN2S-. The number of aromatic nitrogens is 2. The highest BCUT2D eigenvalue weighted by Crippen LogP contribution is 2.19. The minimum absolute atomic E-state index is 0. The summed E-state index contributed by atoms with van der Waals surface area (Å²) in [5, 5.41) is 1.03. The van der Waals surface area contributed by atoms with E-state index in [-0.39, 0.29) is 12.4 Å². The molecule has 0 bridgehead atoms. The fraction of sp³-hybridized carbons (Fsp3) is 0.300. The molecule has 0 amide bonds. The summed E-state index contributed by atoms with van der Waals surface area (Å²) >= 11 is 1.78. The average Bonchev–Trinajstić information content (AvgIpc) is 2.57. The van der Waals surface area contributed by atoms with Crippen LogP contribution in [-0.2, 0) is 0 Å². The van der Waals surface area contributed by atoms with Crippen LogP contribution in [-0.4, -0.2) is 15.7 Å². The van der Waals surface area contributed by atoms with E-state index in [9.17, 15) is 0 Å². The Kier molecular flexibility index (Phi) is 4.29. The number of hydrogen-bond donors (Lipinski definition) is 1. The van der Waals surface area contributed by atoms with Gasteiger partial charge in [0.2, 0.25) is 0 Å². The minimum atomic E-state index is 0. The highest BCUT2D eigenvalue weighted by atomic mass is 35.5. The molecule has 0 fully saturated rings. The molecule has 0 radical (unpaired) electrons. The van der Waals surface area contributed by atoms with Crippen LogP contribution in [0.15, 0.2) is 29.4 Å². The summed E-state index contributed by atoms with van der Waals surface area (Å²) in [5.74, 6) is 1.12. The van der Waals surface area contributed by atoms with Crippen molar-refractivity contribution in [2.45, 2.75) is 18.5 Å². The fourth-order valence-corrected chi connectivity index (χ4v) is 1.94. The summed E-state index contributed by atoms with van der Waals surface area (Å²) in [6.45, 7) is 2.18. The van der Waals surface area contributed by atoms with Crippen molar-refractivity contribution >= 4 is 22.8 Å². The Bertz CT molecular complexity index is 367. The average molecular weight is 228 g/mol. The summed E-state index contributed by atoms with van der Waals surface area (Å²) in [6.07, 6.45) is 1.18. The van der Waals surface area contributed by atoms with E-state index >= 15 is 0 Å². The van der Waals surface area contributed by atoms with Crippen LogP contribution >= 0.6 is 11.8 Å². The minimum Gasteiger partial charge on any atom is -1.00 e. The van der Waals surface area contributed by atoms with Crippen molar-refractivity contribution in [3.63, 3.8) is 0 Å². The van der Waals surface area contributed by atoms with Crippen LogP contribution < -0.4 is 12.4 Å². The van der Waals surface area contributed by atoms with Crippen LogP contribution in [0, 0.1) is 0 Å². The van der Waals surface area contributed by atoms with Gasteiger partial charge in [0.25, 0.3) is 0 Å². The predicted octanol–water partition coefficient (Wildman–Crippen LogP) is 0.0690. The third-order valence-electron chi connectivity index (χ3n) is 1.81. The maximum absolute atomic E-state index is 4.46. The summed E-state index contributed by atoms with van der Waals surface area (Å²) in [5.41, 5.74) is 2.18. The molecule has 76 valence electrons. The topological polar surface area (TPSA) is 28.7 Å². The molecule has 0 aliphatic rings. The van der Waals surface area contributed by atoms with Gasteiger partial charge in [0.15, 0.2) is 5.16 Å². The summed E-state index contributed by atoms with van der Waals surface area (Å²) in [7, 11) is 0. The molecule has 0 saturated carbocycles. The maximum atomic E-state index is 4.46. The number of nitrogens with zero attached hydrogens (tertiary/aromatic N) is 1. The van der Waals surface area contributed by atoms with Crippen molar-refractivity contribution in [3.05, 3.63) is 24.3 Å². The van der Waals surface area contributed by atoms with Gasteiger partial charge in [-0.25, -0.2) is 4.98 Å². The van der Waals surface area contributed by atoms with Crippen LogP contribution in [0.5, 0.6) is 0 Å². The van der Waals surface area contributed by atoms with Gasteiger partial charge >= 0.3 is 0 Å². The number of fused-ring (bicyclic) bond motifs is 1. The number of rotatable bonds is 3. The number of imidazole rings is 1. The first kappa shape index (κ1) is 11.4. The Morgan fingerprint density at radius 1 is 1.36 bits per heavy atom. The number of aromatic amines is 1. The molecule has 0 unspecified atom stereocenters. The highest BCUT2D eigenvalue weighted by molar-refractivity contribution is 7.99. The number of H-pyrrole nitrogens is 1. The number of hydrogen-bond acceptors (Lipinski definition) is 2. The number of para-hydroxylation sites is 2. The lowest BCUT2D eigenvalue weighted by molar-refractivity contribution is -0.00000275. The van der Waals surface area contributed by atoms with Crippen molar-refractivity contribution in [2.75, 3.05) is 5.75 Å². The molecule has 0 atom stereocenters. The van der Waals surface area contributed by atoms with E-state index in [0.29, 0.717) is 0 Å². The van der Waals surface area contributed by atoms with Crippen molar-refractivity contribution in [1.82, 2.24) is 9.97 Å². The Hall–Kier alpha value is -0.670. The fourth-order valence-electron chi connectivity index (χ4n) is 1.20. The predicted molar refractivity (Wildman–Crippen MR) is 57.1 cm³/mol. The zero-order valence-corrected chi connectivity index (χ0v) is 9.53. The molecule has 4 heteroatoms. The monoisotopic (exact) mass is 227 g/mol. The molecule has 2 nitrogen and oxygen atoms in total. The van der Waals surface area contributed by atoms with Crippen molar-refractivity contribution in [3.8, 4) is 0 Å². The van der Waals surface area contributed by atoms with Crippen molar-refractivity contribution in [1.29, 1.82) is 0 Å². The Morgan fingerprint density at radius 2 is 2.14 bits per heavy atom. The number of thioether (sulfide) groups is 1. The molecule has 0 aliphatic heterocycles. The van der Waals surface area contributed by atoms with Gasteiger partial charge in [-0.3, -0.25) is 0 Å². The molecule has 2 aromatic rings. The van der Waals surface area contributed by atoms with E-state index in [1.54, 1.807) is 11.8 Å². The van der Waals surface area contributed by atoms with Gasteiger partial charge < -0.3 is 17.4 Å². The normalized spacial score (nSPS) is 10.1. The zero-order valence-electron chi connectivity index (χ0n) is 7.96. The number of nitrogens with one attached hydrogen (secondary N) is 1. The van der Waals surface area contributed by atoms with Gasteiger partial charge in [-0.1, -0.05) is 30.8 Å². The number of halogens is 1. The summed E-state index contributed by atoms with van der Waals surface area (Å²) in [4.78, 5) is 7.74. The first-order valence-corrected chi connectivity index (χ1v) is 5.46. The smallest absolute Gasteiger partial charge is 0.166 e. The molecule has 1 heterocycles. The quantitative estimate of drug-likeness (QED) is 0.752. The van der Waals surface area contributed by atoms with Crippen LogP contribution in [0.3, 0.4) is 0 Å². The summed E-state index contributed by atoms with van der Waals surface area (Å²) < 4.78 is 0. The first-order valence-electron chi connectivity index (χ1n) is 4.47. The van der Waals surface area contributed by atoms with Crippen LogP contribution in [0.4, 0.5) is 0 Å². The Morgan fingerprint density at radius 3 is 2.86 bits per heavy atom. The molecule has 1 aromatic carbocycles. The molecule has 1 aromatic heterocycles. The molecule has 2 rings (SSSR count). The van der Waals surface area contributed by atoms with Crippen LogP contribution in [0.2, 0.25) is 0 Å². The lowest BCUT2D eigenvalue weighted by Crippen LogP contribution is -3.00. The van der Waals surface area contributed by atoms with Crippen molar-refractivity contribution in [2.24, 2.45) is 0 Å². The van der Waals surface area contributed by atoms with E-state index in [0.717, 1.165) is 21.9 Å². The molecule has 0 spiro atoms. The molecule has 14 heavy (non-hydrogen) atoms. The standard InChI is InChI=1S/C10H12N2S.ClH/c1-2-7-13-10-11-8-5-3-4-6-9(8)12-10;/h3-6H,2,7H2,1H3,(H,11,12);1H/p-1. The maximum Gasteiger partial charge on any atom is 0.166 e. The van der Waals surface area contributed by atoms with E-state index in [1.165, 1.54) is 6.42 Å². The zero-order chi connectivity index (χ0) is 9.10. The number of benzene rings is 1. The van der Waals surface area contributed by atoms with Gasteiger partial charge in [0.05, 0.1) is 11.0 Å². The van der Waals surface area contributed by atoms with Crippen LogP contribution in [0.1, 0.15) is 13.3 Å². The van der Waals surface area contributed by atoms with E-state index < -0.39 is 0 Å². The molecule has 0 saturated heterocycles. The molecular weight excluding hydrogens is 216 g/mol. The van der Waals surface area contributed by atoms with Crippen molar-refractivity contribution < 1.29 is 12.4 Å². The van der Waals surface area contributed by atoms with E-state index in [4.69, 9.17) is 0 Å². The molecule has 0 aliphatic carbocycles. The summed E-state index contributed by atoms with van der Waals surface area (Å²) in [6, 6.07) is 8.12. The largest absolute Gasteiger partial charge is 1.00 e.